The van der Waals surface area contributed by atoms with Crippen LogP contribution in [0.5, 0.6) is 0 Å². The average Bonchev–Trinajstić information content (AvgIpc) is 3.06. The third kappa shape index (κ3) is 8.13. The molecule has 0 unspecified atom stereocenters. The quantitative estimate of drug-likeness (QED) is 0.132. The van der Waals surface area contributed by atoms with Crippen LogP contribution in [0.3, 0.4) is 0 Å². The molecular formula is C30H57NO5Si. The van der Waals surface area contributed by atoms with Crippen LogP contribution in [0.1, 0.15) is 107 Å². The molecule has 1 saturated heterocycles. The van der Waals surface area contributed by atoms with E-state index in [1.165, 1.54) is 13.5 Å². The van der Waals surface area contributed by atoms with Gasteiger partial charge in [0.15, 0.2) is 8.32 Å². The number of piperidine rings is 1. The van der Waals surface area contributed by atoms with Gasteiger partial charge in [-0.3, -0.25) is 9.63 Å². The van der Waals surface area contributed by atoms with Crippen molar-refractivity contribution < 1.29 is 23.9 Å². The summed E-state index contributed by atoms with van der Waals surface area (Å²) in [4.78, 5) is 19.6. The summed E-state index contributed by atoms with van der Waals surface area (Å²) in [5, 5.41) is 13.2. The summed E-state index contributed by atoms with van der Waals surface area (Å²) < 4.78 is 11.9. The number of carbonyl (C=O) groups is 1. The number of hydrogen-bond donors (Lipinski definition) is 1. The summed E-state index contributed by atoms with van der Waals surface area (Å²) in [6.07, 6.45) is 11.3. The van der Waals surface area contributed by atoms with Crippen LogP contribution in [-0.4, -0.2) is 61.0 Å². The smallest absolute Gasteiger partial charge is 0.311 e. The van der Waals surface area contributed by atoms with Crippen molar-refractivity contribution in [2.75, 3.05) is 7.11 Å². The second-order valence-corrected chi connectivity index (χ2v) is 18.9. The first-order chi connectivity index (χ1) is 17.0. The number of unbranched alkanes of at least 4 members (excludes halogenated alkanes) is 2. The lowest BCUT2D eigenvalue weighted by atomic mass is 9.82. The van der Waals surface area contributed by atoms with Crippen LogP contribution in [0.4, 0.5) is 0 Å². The molecule has 0 spiro atoms. The Bertz CT molecular complexity index is 756. The molecule has 0 aromatic carbocycles. The minimum absolute atomic E-state index is 0.0345. The van der Waals surface area contributed by atoms with Gasteiger partial charge in [0, 0.05) is 17.0 Å². The highest BCUT2D eigenvalue weighted by atomic mass is 28.4. The highest BCUT2D eigenvalue weighted by Gasteiger charge is 2.50. The predicted octanol–water partition coefficient (Wildman–Crippen LogP) is 7.03. The van der Waals surface area contributed by atoms with Crippen LogP contribution in [0.15, 0.2) is 12.2 Å². The average molecular weight is 540 g/mol. The molecule has 216 valence electrons. The van der Waals surface area contributed by atoms with E-state index in [0.717, 1.165) is 38.5 Å². The number of rotatable bonds is 11. The molecule has 0 bridgehead atoms. The molecule has 1 saturated carbocycles. The third-order valence-corrected chi connectivity index (χ3v) is 13.5. The molecule has 1 aliphatic carbocycles. The van der Waals surface area contributed by atoms with Crippen molar-refractivity contribution in [2.45, 2.75) is 154 Å². The second-order valence-electron chi connectivity index (χ2n) is 14.1. The van der Waals surface area contributed by atoms with Gasteiger partial charge in [-0.1, -0.05) is 59.1 Å². The maximum Gasteiger partial charge on any atom is 0.311 e. The van der Waals surface area contributed by atoms with Gasteiger partial charge in [0.2, 0.25) is 0 Å². The van der Waals surface area contributed by atoms with Gasteiger partial charge < -0.3 is 14.3 Å². The van der Waals surface area contributed by atoms with E-state index in [0.29, 0.717) is 6.42 Å². The van der Waals surface area contributed by atoms with Crippen molar-refractivity contribution in [3.8, 4) is 0 Å². The summed E-state index contributed by atoms with van der Waals surface area (Å²) in [6.45, 7) is 22.4. The van der Waals surface area contributed by atoms with E-state index in [9.17, 15) is 9.90 Å². The van der Waals surface area contributed by atoms with Crippen molar-refractivity contribution in [3.05, 3.63) is 12.2 Å². The minimum atomic E-state index is -2.11. The summed E-state index contributed by atoms with van der Waals surface area (Å²) >= 11 is 0. The SMILES string of the molecule is CCCCC[C@H](/C=C/[C@@H]1[C@H](C(=O)OC)[C@@H](O)C[C@H]1O[Si](C)(C)C(C)(C)C)ON1C(C)(C)CCCC1(C)C. The van der Waals surface area contributed by atoms with E-state index in [4.69, 9.17) is 14.0 Å². The zero-order chi connectivity index (χ0) is 28.2. The van der Waals surface area contributed by atoms with Gasteiger partial charge in [-0.15, -0.1) is 0 Å². The Morgan fingerprint density at radius 2 is 1.73 bits per heavy atom. The number of nitrogens with zero attached hydrogens (tertiary/aromatic N) is 1. The van der Waals surface area contributed by atoms with Crippen molar-refractivity contribution in [1.82, 2.24) is 5.06 Å². The number of aliphatic hydroxyl groups excluding tert-OH is 1. The summed E-state index contributed by atoms with van der Waals surface area (Å²) in [5.74, 6) is -1.25. The number of methoxy groups -OCH3 is 1. The van der Waals surface area contributed by atoms with Gasteiger partial charge in [0.1, 0.15) is 0 Å². The minimum Gasteiger partial charge on any atom is -0.469 e. The first-order valence-corrected chi connectivity index (χ1v) is 17.5. The fourth-order valence-electron chi connectivity index (χ4n) is 5.83. The topological polar surface area (TPSA) is 68.2 Å². The van der Waals surface area contributed by atoms with E-state index in [2.05, 4.69) is 85.7 Å². The van der Waals surface area contributed by atoms with Gasteiger partial charge >= 0.3 is 5.97 Å². The van der Waals surface area contributed by atoms with E-state index >= 15 is 0 Å². The van der Waals surface area contributed by atoms with E-state index in [1.807, 2.05) is 0 Å². The molecule has 2 fully saturated rings. The number of hydroxylamine groups is 2. The molecule has 37 heavy (non-hydrogen) atoms. The molecule has 2 rings (SSSR count). The standard InChI is InChI=1S/C30H57NO5Si/c1-12-13-14-16-22(35-31-29(5,6)19-15-20-30(31,7)8)17-18-23-25(36-37(10,11)28(2,3)4)21-24(32)26(23)27(33)34-9/h17-18,22-26,32H,12-16,19-21H2,1-11H3/b18-17+/t22-,23+,24+,25-,26+/m1/s1. The molecule has 0 aromatic rings. The fraction of sp³-hybridized carbons (Fsp3) is 0.900. The zero-order valence-corrected chi connectivity index (χ0v) is 26.7. The maximum absolute atomic E-state index is 12.8. The summed E-state index contributed by atoms with van der Waals surface area (Å²) in [5.41, 5.74) is -0.102. The number of hydrogen-bond acceptors (Lipinski definition) is 6. The predicted molar refractivity (Wildman–Crippen MR) is 154 cm³/mol. The molecule has 1 heterocycles. The van der Waals surface area contributed by atoms with Crippen molar-refractivity contribution in [1.29, 1.82) is 0 Å². The van der Waals surface area contributed by atoms with Crippen LogP contribution in [0, 0.1) is 11.8 Å². The molecule has 1 N–H and O–H groups in total. The highest BCUT2D eigenvalue weighted by Crippen LogP contribution is 2.44. The Kier molecular flexibility index (Phi) is 11.1. The molecule has 2 aliphatic rings. The van der Waals surface area contributed by atoms with Crippen molar-refractivity contribution in [3.63, 3.8) is 0 Å². The molecule has 0 aromatic heterocycles. The Morgan fingerprint density at radius 1 is 1.14 bits per heavy atom. The van der Waals surface area contributed by atoms with Gasteiger partial charge in [-0.2, -0.15) is 5.06 Å². The Hall–Kier alpha value is -0.733. The van der Waals surface area contributed by atoms with Crippen LogP contribution in [0.25, 0.3) is 0 Å². The molecule has 7 heteroatoms. The zero-order valence-electron chi connectivity index (χ0n) is 25.7. The van der Waals surface area contributed by atoms with Crippen LogP contribution < -0.4 is 0 Å². The monoisotopic (exact) mass is 539 g/mol. The van der Waals surface area contributed by atoms with Crippen LogP contribution >= 0.6 is 0 Å². The molecule has 6 nitrogen and oxygen atoms in total. The molecule has 0 radical (unpaired) electrons. The Morgan fingerprint density at radius 3 is 2.24 bits per heavy atom. The van der Waals surface area contributed by atoms with Gasteiger partial charge in [-0.05, 0) is 77.9 Å². The molecule has 0 amide bonds. The lowest BCUT2D eigenvalue weighted by Crippen LogP contribution is -2.59. The summed E-state index contributed by atoms with van der Waals surface area (Å²) in [7, 11) is -0.710. The van der Waals surface area contributed by atoms with E-state index in [1.54, 1.807) is 0 Å². The normalized spacial score (nSPS) is 29.5. The van der Waals surface area contributed by atoms with Crippen molar-refractivity contribution >= 4 is 14.3 Å². The molecule has 5 atom stereocenters. The van der Waals surface area contributed by atoms with Gasteiger partial charge in [0.25, 0.3) is 0 Å². The Balaban J connectivity index is 2.37. The lowest BCUT2D eigenvalue weighted by molar-refractivity contribution is -0.297. The van der Waals surface area contributed by atoms with Crippen LogP contribution in [0.2, 0.25) is 18.1 Å². The fourth-order valence-corrected chi connectivity index (χ4v) is 7.20. The summed E-state index contributed by atoms with van der Waals surface area (Å²) in [6, 6.07) is 0. The highest BCUT2D eigenvalue weighted by molar-refractivity contribution is 6.74. The first-order valence-electron chi connectivity index (χ1n) is 14.6. The van der Waals surface area contributed by atoms with E-state index in [-0.39, 0.29) is 40.2 Å². The first kappa shape index (κ1) is 32.5. The maximum atomic E-state index is 12.8. The number of aliphatic hydroxyl groups is 1. The second kappa shape index (κ2) is 12.6. The van der Waals surface area contributed by atoms with Crippen LogP contribution in [-0.2, 0) is 18.8 Å². The molecular weight excluding hydrogens is 482 g/mol. The lowest BCUT2D eigenvalue weighted by Gasteiger charge is -2.52. The number of esters is 1. The number of carbonyl (C=O) groups excluding carboxylic acids is 1. The van der Waals surface area contributed by atoms with Crippen molar-refractivity contribution in [2.24, 2.45) is 11.8 Å². The van der Waals surface area contributed by atoms with Gasteiger partial charge in [-0.25, -0.2) is 0 Å². The van der Waals surface area contributed by atoms with Gasteiger partial charge in [0.05, 0.1) is 31.3 Å². The Labute approximate surface area is 228 Å². The molecule has 1 aliphatic heterocycles. The third-order valence-electron chi connectivity index (χ3n) is 9.02. The van der Waals surface area contributed by atoms with E-state index < -0.39 is 20.3 Å². The number of ether oxygens (including phenoxy) is 1. The largest absolute Gasteiger partial charge is 0.469 e.